The summed E-state index contributed by atoms with van der Waals surface area (Å²) in [6.07, 6.45) is 1.99. The lowest BCUT2D eigenvalue weighted by molar-refractivity contribution is -0.0983. The Morgan fingerprint density at radius 2 is 2.11 bits per heavy atom. The van der Waals surface area contributed by atoms with Crippen molar-refractivity contribution in [2.75, 3.05) is 6.61 Å². The highest BCUT2D eigenvalue weighted by Crippen LogP contribution is 2.32. The van der Waals surface area contributed by atoms with E-state index in [1.165, 1.54) is 0 Å². The second kappa shape index (κ2) is 5.29. The van der Waals surface area contributed by atoms with E-state index >= 15 is 0 Å². The molecule has 0 heterocycles. The molecule has 1 N–H and O–H groups in total. The lowest BCUT2D eigenvalue weighted by Gasteiger charge is -2.30. The average Bonchev–Trinajstić information content (AvgIpc) is 3.12. The molecule has 100 valence electrons. The minimum atomic E-state index is -0.653. The van der Waals surface area contributed by atoms with Crippen molar-refractivity contribution in [3.8, 4) is 5.75 Å². The quantitative estimate of drug-likeness (QED) is 0.843. The maximum absolute atomic E-state index is 10.4. The molecule has 3 nitrogen and oxygen atoms in total. The number of rotatable bonds is 6. The Kier molecular flexibility index (Phi) is 3.93. The van der Waals surface area contributed by atoms with Crippen LogP contribution in [-0.2, 0) is 4.74 Å². The van der Waals surface area contributed by atoms with Crippen LogP contribution >= 0.6 is 0 Å². The van der Waals surface area contributed by atoms with Crippen molar-refractivity contribution in [1.82, 2.24) is 0 Å². The zero-order valence-corrected chi connectivity index (χ0v) is 11.3. The van der Waals surface area contributed by atoms with Crippen LogP contribution in [0.2, 0.25) is 0 Å². The number of aliphatic hydroxyl groups excluding tert-OH is 1. The van der Waals surface area contributed by atoms with E-state index < -0.39 is 11.7 Å². The third-order valence-corrected chi connectivity index (χ3v) is 3.18. The summed E-state index contributed by atoms with van der Waals surface area (Å²) in [5.41, 5.74) is 0.249. The number of hydrogen-bond acceptors (Lipinski definition) is 3. The molecule has 0 aliphatic heterocycles. The van der Waals surface area contributed by atoms with Gasteiger partial charge in [0.05, 0.1) is 11.7 Å². The van der Waals surface area contributed by atoms with E-state index in [1.54, 1.807) is 0 Å². The SMILES string of the molecule is CCOC(C)(C)C(O)c1cccc(OC2CC2)c1. The minimum Gasteiger partial charge on any atom is -0.490 e. The Hall–Kier alpha value is -1.06. The molecule has 0 bridgehead atoms. The Morgan fingerprint density at radius 1 is 1.39 bits per heavy atom. The summed E-state index contributed by atoms with van der Waals surface area (Å²) in [6, 6.07) is 7.66. The molecular weight excluding hydrogens is 228 g/mol. The van der Waals surface area contributed by atoms with Crippen LogP contribution < -0.4 is 4.74 Å². The minimum absolute atomic E-state index is 0.372. The molecule has 1 aromatic rings. The lowest BCUT2D eigenvalue weighted by Crippen LogP contribution is -2.32. The predicted molar refractivity (Wildman–Crippen MR) is 70.8 cm³/mol. The summed E-state index contributed by atoms with van der Waals surface area (Å²) < 4.78 is 11.3. The van der Waals surface area contributed by atoms with Gasteiger partial charge in [-0.25, -0.2) is 0 Å². The molecule has 0 radical (unpaired) electrons. The molecule has 2 rings (SSSR count). The molecule has 1 saturated carbocycles. The zero-order valence-electron chi connectivity index (χ0n) is 11.3. The van der Waals surface area contributed by atoms with E-state index in [9.17, 15) is 5.11 Å². The fourth-order valence-electron chi connectivity index (χ4n) is 1.99. The molecule has 0 saturated heterocycles. The second-order valence-corrected chi connectivity index (χ2v) is 5.33. The van der Waals surface area contributed by atoms with E-state index in [-0.39, 0.29) is 0 Å². The number of aliphatic hydroxyl groups is 1. The summed E-state index contributed by atoms with van der Waals surface area (Å²) in [7, 11) is 0. The molecular formula is C15H22O3. The molecule has 1 aliphatic carbocycles. The maximum Gasteiger partial charge on any atom is 0.120 e. The van der Waals surface area contributed by atoms with Gasteiger partial charge < -0.3 is 14.6 Å². The molecule has 0 amide bonds. The van der Waals surface area contributed by atoms with Gasteiger partial charge in [-0.05, 0) is 51.3 Å². The zero-order chi connectivity index (χ0) is 13.2. The summed E-state index contributed by atoms with van der Waals surface area (Å²) in [5.74, 6) is 0.835. The van der Waals surface area contributed by atoms with Gasteiger partial charge in [0.2, 0.25) is 0 Å². The van der Waals surface area contributed by atoms with E-state index in [4.69, 9.17) is 9.47 Å². The molecule has 3 heteroatoms. The highest BCUT2D eigenvalue weighted by molar-refractivity contribution is 5.31. The third kappa shape index (κ3) is 3.24. The van der Waals surface area contributed by atoms with E-state index in [0.717, 1.165) is 24.2 Å². The number of benzene rings is 1. The summed E-state index contributed by atoms with van der Waals surface area (Å²) >= 11 is 0. The third-order valence-electron chi connectivity index (χ3n) is 3.18. The van der Waals surface area contributed by atoms with Gasteiger partial charge in [0.25, 0.3) is 0 Å². The first-order chi connectivity index (χ1) is 8.53. The van der Waals surface area contributed by atoms with Gasteiger partial charge in [-0.1, -0.05) is 12.1 Å². The first kappa shape index (κ1) is 13.4. The van der Waals surface area contributed by atoms with Crippen LogP contribution in [0, 0.1) is 0 Å². The maximum atomic E-state index is 10.4. The van der Waals surface area contributed by atoms with E-state index in [0.29, 0.717) is 12.7 Å². The van der Waals surface area contributed by atoms with Gasteiger partial charge in [-0.3, -0.25) is 0 Å². The van der Waals surface area contributed by atoms with Gasteiger partial charge in [-0.15, -0.1) is 0 Å². The summed E-state index contributed by atoms with van der Waals surface area (Å²) in [4.78, 5) is 0. The van der Waals surface area contributed by atoms with Crippen molar-refractivity contribution in [1.29, 1.82) is 0 Å². The van der Waals surface area contributed by atoms with Crippen molar-refractivity contribution in [2.45, 2.75) is 51.4 Å². The standard InChI is InChI=1S/C15H22O3/c1-4-17-15(2,3)14(16)11-6-5-7-13(10-11)18-12-8-9-12/h5-7,10,12,14,16H,4,8-9H2,1-3H3. The fraction of sp³-hybridized carbons (Fsp3) is 0.600. The van der Waals surface area contributed by atoms with Crippen LogP contribution in [0.4, 0.5) is 0 Å². The number of ether oxygens (including phenoxy) is 2. The smallest absolute Gasteiger partial charge is 0.120 e. The largest absolute Gasteiger partial charge is 0.490 e. The number of hydrogen-bond donors (Lipinski definition) is 1. The fourth-order valence-corrected chi connectivity index (χ4v) is 1.99. The molecule has 1 aromatic carbocycles. The summed E-state index contributed by atoms with van der Waals surface area (Å²) in [5, 5.41) is 10.4. The van der Waals surface area contributed by atoms with Crippen molar-refractivity contribution in [2.24, 2.45) is 0 Å². The van der Waals surface area contributed by atoms with Crippen molar-refractivity contribution in [3.05, 3.63) is 29.8 Å². The molecule has 1 unspecified atom stereocenters. The van der Waals surface area contributed by atoms with Crippen LogP contribution in [0.3, 0.4) is 0 Å². The Balaban J connectivity index is 2.10. The van der Waals surface area contributed by atoms with Crippen LogP contribution in [0.25, 0.3) is 0 Å². The normalized spacial score (nSPS) is 17.6. The van der Waals surface area contributed by atoms with Crippen molar-refractivity contribution < 1.29 is 14.6 Å². The molecule has 1 aliphatic rings. The van der Waals surface area contributed by atoms with E-state index in [2.05, 4.69) is 0 Å². The van der Waals surface area contributed by atoms with Crippen molar-refractivity contribution >= 4 is 0 Å². The van der Waals surface area contributed by atoms with Crippen LogP contribution in [0.15, 0.2) is 24.3 Å². The molecule has 1 atom stereocenters. The van der Waals surface area contributed by atoms with Crippen LogP contribution in [0.5, 0.6) is 5.75 Å². The first-order valence-corrected chi connectivity index (χ1v) is 6.61. The Labute approximate surface area is 109 Å². The van der Waals surface area contributed by atoms with Crippen LogP contribution in [0.1, 0.15) is 45.3 Å². The van der Waals surface area contributed by atoms with Gasteiger partial charge >= 0.3 is 0 Å². The Morgan fingerprint density at radius 3 is 2.72 bits per heavy atom. The lowest BCUT2D eigenvalue weighted by atomic mass is 9.94. The topological polar surface area (TPSA) is 38.7 Å². The highest BCUT2D eigenvalue weighted by atomic mass is 16.5. The van der Waals surface area contributed by atoms with E-state index in [1.807, 2.05) is 45.0 Å². The monoisotopic (exact) mass is 250 g/mol. The Bertz CT molecular complexity index is 396. The molecule has 1 fully saturated rings. The highest BCUT2D eigenvalue weighted by Gasteiger charge is 2.30. The predicted octanol–water partition coefficient (Wildman–Crippen LogP) is 3.08. The average molecular weight is 250 g/mol. The second-order valence-electron chi connectivity index (χ2n) is 5.33. The van der Waals surface area contributed by atoms with Gasteiger partial charge in [0.1, 0.15) is 11.9 Å². The first-order valence-electron chi connectivity index (χ1n) is 6.61. The molecule has 0 aromatic heterocycles. The van der Waals surface area contributed by atoms with Gasteiger partial charge in [0, 0.05) is 6.61 Å². The molecule has 18 heavy (non-hydrogen) atoms. The summed E-state index contributed by atoms with van der Waals surface area (Å²) in [6.45, 7) is 6.31. The van der Waals surface area contributed by atoms with Gasteiger partial charge in [0.15, 0.2) is 0 Å². The van der Waals surface area contributed by atoms with Crippen molar-refractivity contribution in [3.63, 3.8) is 0 Å². The van der Waals surface area contributed by atoms with Crippen LogP contribution in [-0.4, -0.2) is 23.4 Å². The van der Waals surface area contributed by atoms with Gasteiger partial charge in [-0.2, -0.15) is 0 Å². The molecule has 0 spiro atoms.